The molecule has 8 heteroatoms. The number of amides is 1. The first-order valence-corrected chi connectivity index (χ1v) is 6.14. The van der Waals surface area contributed by atoms with Crippen LogP contribution in [0.5, 0.6) is 5.88 Å². The summed E-state index contributed by atoms with van der Waals surface area (Å²) in [5.41, 5.74) is 0.230. The fraction of sp³-hybridized carbons (Fsp3) is 0.231. The summed E-state index contributed by atoms with van der Waals surface area (Å²) in [5.74, 6) is -0.00619. The van der Waals surface area contributed by atoms with Crippen LogP contribution in [0.15, 0.2) is 35.3 Å². The van der Waals surface area contributed by atoms with E-state index in [4.69, 9.17) is 9.47 Å². The monoisotopic (exact) mass is 290 g/mol. The molecule has 0 aromatic carbocycles. The van der Waals surface area contributed by atoms with Crippen LogP contribution in [0.3, 0.4) is 0 Å². The number of carbonyl (C=O) groups is 1. The van der Waals surface area contributed by atoms with Crippen LogP contribution in [0.2, 0.25) is 0 Å². The third-order valence-electron chi connectivity index (χ3n) is 2.44. The van der Waals surface area contributed by atoms with E-state index in [1.165, 1.54) is 18.3 Å². The van der Waals surface area contributed by atoms with E-state index in [1.54, 1.807) is 19.2 Å². The number of aromatic amines is 1. The molecule has 2 heterocycles. The zero-order chi connectivity index (χ0) is 15.1. The van der Waals surface area contributed by atoms with Crippen LogP contribution in [0, 0.1) is 0 Å². The molecule has 8 nitrogen and oxygen atoms in total. The van der Waals surface area contributed by atoms with Gasteiger partial charge in [0.2, 0.25) is 5.88 Å². The minimum absolute atomic E-state index is 0.107. The molecule has 110 valence electrons. The van der Waals surface area contributed by atoms with E-state index in [1.807, 2.05) is 0 Å². The second-order valence-electron chi connectivity index (χ2n) is 3.99. The van der Waals surface area contributed by atoms with E-state index in [0.717, 1.165) is 0 Å². The van der Waals surface area contributed by atoms with E-state index in [0.29, 0.717) is 24.8 Å². The second kappa shape index (κ2) is 7.15. The summed E-state index contributed by atoms with van der Waals surface area (Å²) >= 11 is 0. The van der Waals surface area contributed by atoms with Crippen molar-refractivity contribution in [1.82, 2.24) is 15.2 Å². The van der Waals surface area contributed by atoms with E-state index in [9.17, 15) is 9.59 Å². The van der Waals surface area contributed by atoms with E-state index < -0.39 is 5.91 Å². The fourth-order valence-electron chi connectivity index (χ4n) is 1.44. The minimum atomic E-state index is -0.443. The average molecular weight is 290 g/mol. The summed E-state index contributed by atoms with van der Waals surface area (Å²) in [7, 11) is 1.58. The van der Waals surface area contributed by atoms with Crippen molar-refractivity contribution in [3.63, 3.8) is 0 Å². The average Bonchev–Trinajstić information content (AvgIpc) is 2.50. The van der Waals surface area contributed by atoms with Gasteiger partial charge < -0.3 is 14.8 Å². The summed E-state index contributed by atoms with van der Waals surface area (Å²) in [4.78, 5) is 26.8. The van der Waals surface area contributed by atoms with Gasteiger partial charge in [0.05, 0.1) is 18.5 Å². The Morgan fingerprint density at radius 1 is 1.29 bits per heavy atom. The lowest BCUT2D eigenvalue weighted by molar-refractivity contribution is 0.102. The summed E-state index contributed by atoms with van der Waals surface area (Å²) in [5, 5.41) is 8.43. The molecule has 2 N–H and O–H groups in total. The fourth-order valence-corrected chi connectivity index (χ4v) is 1.44. The number of aromatic nitrogens is 3. The Bertz CT molecular complexity index is 633. The van der Waals surface area contributed by atoms with Gasteiger partial charge in [0, 0.05) is 19.2 Å². The van der Waals surface area contributed by atoms with Gasteiger partial charge in [-0.2, -0.15) is 5.10 Å². The van der Waals surface area contributed by atoms with Crippen molar-refractivity contribution in [3.05, 3.63) is 46.5 Å². The van der Waals surface area contributed by atoms with Crippen molar-refractivity contribution in [3.8, 4) is 5.88 Å². The van der Waals surface area contributed by atoms with Crippen molar-refractivity contribution < 1.29 is 14.3 Å². The number of pyridine rings is 1. The highest BCUT2D eigenvalue weighted by Crippen LogP contribution is 2.12. The lowest BCUT2D eigenvalue weighted by Crippen LogP contribution is -2.17. The summed E-state index contributed by atoms with van der Waals surface area (Å²) < 4.78 is 10.2. The summed E-state index contributed by atoms with van der Waals surface area (Å²) in [6.45, 7) is 0.870. The predicted octanol–water partition coefficient (Wildman–Crippen LogP) is 0.442. The molecule has 1 amide bonds. The maximum absolute atomic E-state index is 11.8. The second-order valence-corrected chi connectivity index (χ2v) is 3.99. The number of ether oxygens (including phenoxy) is 2. The number of carbonyl (C=O) groups excluding carboxylic acids is 1. The molecular weight excluding hydrogens is 276 g/mol. The van der Waals surface area contributed by atoms with Gasteiger partial charge in [0.25, 0.3) is 11.5 Å². The molecule has 0 radical (unpaired) electrons. The summed E-state index contributed by atoms with van der Waals surface area (Å²) in [6.07, 6.45) is 1.46. The Kier molecular flexibility index (Phi) is 4.99. The number of nitrogens with zero attached hydrogens (tertiary/aromatic N) is 2. The number of methoxy groups -OCH3 is 1. The largest absolute Gasteiger partial charge is 0.475 e. The number of hydrogen-bond donors (Lipinski definition) is 2. The van der Waals surface area contributed by atoms with Crippen molar-refractivity contribution in [1.29, 1.82) is 0 Å². The van der Waals surface area contributed by atoms with Gasteiger partial charge >= 0.3 is 0 Å². The normalized spacial score (nSPS) is 10.1. The van der Waals surface area contributed by atoms with Gasteiger partial charge in [-0.05, 0) is 12.1 Å². The molecule has 0 atom stereocenters. The van der Waals surface area contributed by atoms with Gasteiger partial charge in [0.15, 0.2) is 0 Å². The quantitative estimate of drug-likeness (QED) is 0.748. The van der Waals surface area contributed by atoms with Crippen LogP contribution < -0.4 is 15.6 Å². The maximum atomic E-state index is 11.8. The van der Waals surface area contributed by atoms with Gasteiger partial charge in [-0.15, -0.1) is 0 Å². The Labute approximate surface area is 120 Å². The Balaban J connectivity index is 1.95. The van der Waals surface area contributed by atoms with Crippen molar-refractivity contribution >= 4 is 11.6 Å². The van der Waals surface area contributed by atoms with Gasteiger partial charge in [0.1, 0.15) is 12.3 Å². The molecule has 2 rings (SSSR count). The lowest BCUT2D eigenvalue weighted by Gasteiger charge is -2.06. The molecule has 0 saturated carbocycles. The van der Waals surface area contributed by atoms with Crippen LogP contribution in [-0.4, -0.2) is 41.4 Å². The number of hydrogen-bond acceptors (Lipinski definition) is 6. The molecule has 0 aliphatic carbocycles. The van der Waals surface area contributed by atoms with Crippen LogP contribution >= 0.6 is 0 Å². The molecular formula is C13H14N4O4. The minimum Gasteiger partial charge on any atom is -0.475 e. The Hall–Kier alpha value is -2.74. The zero-order valence-corrected chi connectivity index (χ0v) is 11.3. The van der Waals surface area contributed by atoms with Crippen molar-refractivity contribution in [2.45, 2.75) is 0 Å². The molecule has 0 aliphatic heterocycles. The highest BCUT2D eigenvalue weighted by atomic mass is 16.5. The molecule has 0 saturated heterocycles. The Morgan fingerprint density at radius 2 is 2.14 bits per heavy atom. The van der Waals surface area contributed by atoms with Crippen molar-refractivity contribution in [2.75, 3.05) is 25.6 Å². The van der Waals surface area contributed by atoms with E-state index >= 15 is 0 Å². The van der Waals surface area contributed by atoms with Crippen molar-refractivity contribution in [2.24, 2.45) is 0 Å². The third-order valence-corrected chi connectivity index (χ3v) is 2.44. The van der Waals surface area contributed by atoms with Crippen LogP contribution in [0.25, 0.3) is 0 Å². The SMILES string of the molecule is COCCOc1ccc(NC(=O)c2ccc(=O)[nH]n2)cn1. The first-order chi connectivity index (χ1) is 10.2. The molecule has 0 spiro atoms. The number of nitrogens with one attached hydrogen (secondary N) is 2. The van der Waals surface area contributed by atoms with Crippen LogP contribution in [-0.2, 0) is 4.74 Å². The van der Waals surface area contributed by atoms with Gasteiger partial charge in [-0.25, -0.2) is 10.1 Å². The number of rotatable bonds is 6. The third kappa shape index (κ3) is 4.39. The lowest BCUT2D eigenvalue weighted by atomic mass is 10.3. The standard InChI is InChI=1S/C13H14N4O4/c1-20-6-7-21-12-5-2-9(8-14-12)15-13(19)10-3-4-11(18)17-16-10/h2-5,8H,6-7H2,1H3,(H,15,19)(H,17,18). The smallest absolute Gasteiger partial charge is 0.276 e. The highest BCUT2D eigenvalue weighted by molar-refractivity contribution is 6.02. The number of H-pyrrole nitrogens is 1. The molecule has 2 aromatic rings. The molecule has 0 fully saturated rings. The van der Waals surface area contributed by atoms with E-state index in [2.05, 4.69) is 20.5 Å². The molecule has 0 aliphatic rings. The maximum Gasteiger partial charge on any atom is 0.276 e. The topological polar surface area (TPSA) is 106 Å². The van der Waals surface area contributed by atoms with Crippen LogP contribution in [0.4, 0.5) is 5.69 Å². The zero-order valence-electron chi connectivity index (χ0n) is 11.3. The van der Waals surface area contributed by atoms with E-state index in [-0.39, 0.29) is 11.3 Å². The Morgan fingerprint density at radius 3 is 2.76 bits per heavy atom. The highest BCUT2D eigenvalue weighted by Gasteiger charge is 2.08. The van der Waals surface area contributed by atoms with Gasteiger partial charge in [-0.3, -0.25) is 9.59 Å². The number of anilines is 1. The van der Waals surface area contributed by atoms with Crippen LogP contribution in [0.1, 0.15) is 10.5 Å². The predicted molar refractivity (Wildman–Crippen MR) is 74.4 cm³/mol. The first-order valence-electron chi connectivity index (χ1n) is 6.14. The molecule has 0 unspecified atom stereocenters. The van der Waals surface area contributed by atoms with Gasteiger partial charge in [-0.1, -0.05) is 0 Å². The molecule has 0 bridgehead atoms. The summed E-state index contributed by atoms with van der Waals surface area (Å²) in [6, 6.07) is 5.85. The molecule has 21 heavy (non-hydrogen) atoms. The molecule has 2 aromatic heterocycles. The first kappa shape index (κ1) is 14.7.